The topological polar surface area (TPSA) is 27.7 Å². The van der Waals surface area contributed by atoms with Crippen molar-refractivity contribution in [2.45, 2.75) is 95.7 Å². The van der Waals surface area contributed by atoms with Gasteiger partial charge in [0.2, 0.25) is 0 Å². The van der Waals surface area contributed by atoms with E-state index >= 15 is 0 Å². The smallest absolute Gasteiger partial charge is 0.192 e. The normalized spacial score (nSPS) is 31.2. The lowest BCUT2D eigenvalue weighted by Gasteiger charge is -2.48. The average molecular weight is 327 g/mol. The van der Waals surface area contributed by atoms with Gasteiger partial charge in [-0.25, -0.2) is 0 Å². The predicted molar refractivity (Wildman–Crippen MR) is 91.5 cm³/mol. The minimum atomic E-state index is -1.68. The fraction of sp³-hybridized carbons (Fsp3) is 1.00. The molecular formula is C18H34O3Si. The van der Waals surface area contributed by atoms with E-state index in [-0.39, 0.29) is 5.79 Å². The summed E-state index contributed by atoms with van der Waals surface area (Å²) in [4.78, 5) is 0. The molecule has 3 aliphatic rings. The highest BCUT2D eigenvalue weighted by atomic mass is 28.4. The summed E-state index contributed by atoms with van der Waals surface area (Å²) in [5, 5.41) is 0.296. The molecule has 3 nitrogen and oxygen atoms in total. The van der Waals surface area contributed by atoms with Crippen LogP contribution in [0.1, 0.15) is 65.7 Å². The van der Waals surface area contributed by atoms with Gasteiger partial charge in [-0.3, -0.25) is 0 Å². The van der Waals surface area contributed by atoms with Crippen LogP contribution >= 0.6 is 0 Å². The van der Waals surface area contributed by atoms with Gasteiger partial charge in [-0.15, -0.1) is 0 Å². The zero-order valence-electron chi connectivity index (χ0n) is 15.2. The Labute approximate surface area is 137 Å². The highest BCUT2D eigenvalue weighted by molar-refractivity contribution is 6.74. The maximum absolute atomic E-state index is 6.86. The molecule has 0 bridgehead atoms. The Balaban J connectivity index is 1.69. The van der Waals surface area contributed by atoms with Crippen LogP contribution in [0.15, 0.2) is 0 Å². The Morgan fingerprint density at radius 1 is 0.955 bits per heavy atom. The fourth-order valence-electron chi connectivity index (χ4n) is 4.31. The van der Waals surface area contributed by atoms with Gasteiger partial charge in [-0.05, 0) is 49.2 Å². The molecule has 3 fully saturated rings. The molecule has 0 N–H and O–H groups in total. The lowest BCUT2D eigenvalue weighted by atomic mass is 9.69. The maximum atomic E-state index is 6.86. The molecule has 1 aliphatic heterocycles. The fourth-order valence-corrected chi connectivity index (χ4v) is 5.74. The Morgan fingerprint density at radius 3 is 2.09 bits per heavy atom. The van der Waals surface area contributed by atoms with E-state index in [0.717, 1.165) is 26.1 Å². The van der Waals surface area contributed by atoms with E-state index in [1.807, 2.05) is 0 Å². The Morgan fingerprint density at radius 2 is 1.55 bits per heavy atom. The summed E-state index contributed by atoms with van der Waals surface area (Å²) >= 11 is 0. The zero-order chi connectivity index (χ0) is 16.1. The van der Waals surface area contributed by atoms with Crippen molar-refractivity contribution in [3.05, 3.63) is 0 Å². The first-order chi connectivity index (χ1) is 10.2. The van der Waals surface area contributed by atoms with Gasteiger partial charge in [0.15, 0.2) is 14.1 Å². The van der Waals surface area contributed by atoms with E-state index in [2.05, 4.69) is 33.9 Å². The highest BCUT2D eigenvalue weighted by Crippen LogP contribution is 2.55. The van der Waals surface area contributed by atoms with Gasteiger partial charge in [0.1, 0.15) is 0 Å². The summed E-state index contributed by atoms with van der Waals surface area (Å²) in [6.45, 7) is 13.4. The Kier molecular flexibility index (Phi) is 4.29. The van der Waals surface area contributed by atoms with Crippen molar-refractivity contribution in [3.8, 4) is 0 Å². The van der Waals surface area contributed by atoms with Crippen molar-refractivity contribution < 1.29 is 13.9 Å². The largest absolute Gasteiger partial charge is 0.413 e. The van der Waals surface area contributed by atoms with Gasteiger partial charge in [0.25, 0.3) is 0 Å². The lowest BCUT2D eigenvalue weighted by molar-refractivity contribution is -0.197. The molecule has 22 heavy (non-hydrogen) atoms. The molecule has 0 amide bonds. The summed E-state index contributed by atoms with van der Waals surface area (Å²) in [5.74, 6) is -0.241. The van der Waals surface area contributed by atoms with Gasteiger partial charge < -0.3 is 13.9 Å². The Bertz CT molecular complexity index is 397. The Hall–Kier alpha value is 0.0969. The van der Waals surface area contributed by atoms with Crippen LogP contribution in [-0.2, 0) is 13.9 Å². The molecule has 1 atom stereocenters. The summed E-state index contributed by atoms with van der Waals surface area (Å²) in [7, 11) is -1.68. The number of ether oxygens (including phenoxy) is 2. The first kappa shape index (κ1) is 16.9. The predicted octanol–water partition coefficient (Wildman–Crippen LogP) is 4.86. The maximum Gasteiger partial charge on any atom is 0.192 e. The van der Waals surface area contributed by atoms with Crippen LogP contribution in [0.5, 0.6) is 0 Å². The average Bonchev–Trinajstić information content (AvgIpc) is 3.01. The molecule has 2 spiro atoms. The summed E-state index contributed by atoms with van der Waals surface area (Å²) in [5.41, 5.74) is 0.399. The molecule has 0 aromatic rings. The van der Waals surface area contributed by atoms with Crippen LogP contribution < -0.4 is 0 Å². The van der Waals surface area contributed by atoms with E-state index in [1.54, 1.807) is 0 Å². The van der Waals surface area contributed by atoms with Crippen molar-refractivity contribution in [2.75, 3.05) is 13.2 Å². The molecular weight excluding hydrogens is 292 g/mol. The van der Waals surface area contributed by atoms with E-state index in [9.17, 15) is 0 Å². The second-order valence-corrected chi connectivity index (χ2v) is 14.0. The molecule has 128 valence electrons. The van der Waals surface area contributed by atoms with Crippen LogP contribution in [0, 0.1) is 5.41 Å². The third-order valence-corrected chi connectivity index (χ3v) is 11.4. The van der Waals surface area contributed by atoms with Gasteiger partial charge >= 0.3 is 0 Å². The molecule has 4 heteroatoms. The van der Waals surface area contributed by atoms with Crippen LogP contribution in [-0.4, -0.2) is 33.4 Å². The van der Waals surface area contributed by atoms with Crippen LogP contribution in [0.2, 0.25) is 18.1 Å². The van der Waals surface area contributed by atoms with E-state index in [4.69, 9.17) is 13.9 Å². The van der Waals surface area contributed by atoms with Crippen molar-refractivity contribution in [2.24, 2.45) is 5.41 Å². The molecule has 1 heterocycles. The summed E-state index contributed by atoms with van der Waals surface area (Å²) in [6, 6.07) is 0. The third kappa shape index (κ3) is 2.92. The van der Waals surface area contributed by atoms with Gasteiger partial charge in [-0.2, -0.15) is 0 Å². The van der Waals surface area contributed by atoms with Crippen molar-refractivity contribution in [1.82, 2.24) is 0 Å². The van der Waals surface area contributed by atoms with Gasteiger partial charge in [0.05, 0.1) is 19.3 Å². The second-order valence-electron chi connectivity index (χ2n) is 9.23. The number of hydrogen-bond acceptors (Lipinski definition) is 3. The minimum Gasteiger partial charge on any atom is -0.413 e. The van der Waals surface area contributed by atoms with Gasteiger partial charge in [0, 0.05) is 12.8 Å². The van der Waals surface area contributed by atoms with Crippen LogP contribution in [0.25, 0.3) is 0 Å². The molecule has 2 aliphatic carbocycles. The molecule has 0 aromatic carbocycles. The quantitative estimate of drug-likeness (QED) is 0.678. The molecule has 0 aromatic heterocycles. The third-order valence-electron chi connectivity index (χ3n) is 6.89. The molecule has 1 unspecified atom stereocenters. The van der Waals surface area contributed by atoms with E-state index in [0.29, 0.717) is 16.6 Å². The standard InChI is InChI=1S/C18H34O3Si/c1-16(2,3)22(4,5)21-15-7-6-8-17(15)9-11-18(12-10-17)19-13-14-20-18/h15H,6-14H2,1-5H3. The second kappa shape index (κ2) is 5.57. The van der Waals surface area contributed by atoms with E-state index in [1.165, 1.54) is 32.1 Å². The van der Waals surface area contributed by atoms with Crippen molar-refractivity contribution >= 4 is 8.32 Å². The zero-order valence-corrected chi connectivity index (χ0v) is 16.2. The molecule has 1 saturated heterocycles. The monoisotopic (exact) mass is 326 g/mol. The highest BCUT2D eigenvalue weighted by Gasteiger charge is 2.53. The van der Waals surface area contributed by atoms with Crippen molar-refractivity contribution in [3.63, 3.8) is 0 Å². The molecule has 0 radical (unpaired) electrons. The molecule has 2 saturated carbocycles. The summed E-state index contributed by atoms with van der Waals surface area (Å²) in [6.07, 6.45) is 8.93. The lowest BCUT2D eigenvalue weighted by Crippen LogP contribution is -2.50. The van der Waals surface area contributed by atoms with E-state index < -0.39 is 8.32 Å². The minimum absolute atomic E-state index is 0.241. The molecule has 3 rings (SSSR count). The van der Waals surface area contributed by atoms with Crippen LogP contribution in [0.4, 0.5) is 0 Å². The first-order valence-corrected chi connectivity index (χ1v) is 12.0. The number of rotatable bonds is 2. The SMILES string of the molecule is CC(C)(C)[Si](C)(C)OC1CCCC12CCC1(CC2)OCCO1. The summed E-state index contributed by atoms with van der Waals surface area (Å²) < 4.78 is 18.7. The van der Waals surface area contributed by atoms with Crippen molar-refractivity contribution in [1.29, 1.82) is 0 Å². The first-order valence-electron chi connectivity index (χ1n) is 9.14. The number of hydrogen-bond donors (Lipinski definition) is 0. The van der Waals surface area contributed by atoms with Gasteiger partial charge in [-0.1, -0.05) is 27.2 Å². The van der Waals surface area contributed by atoms with Crippen LogP contribution in [0.3, 0.4) is 0 Å².